The summed E-state index contributed by atoms with van der Waals surface area (Å²) in [6, 6.07) is -0.648. The molecule has 0 radical (unpaired) electrons. The second kappa shape index (κ2) is 5.88. The molecular weight excluding hydrogens is 442 g/mol. The third-order valence-corrected chi connectivity index (χ3v) is 3.51. The van der Waals surface area contributed by atoms with Crippen LogP contribution in [-0.2, 0) is 12.1 Å². The molecule has 2 nitrogen and oxygen atoms in total. The van der Waals surface area contributed by atoms with Crippen molar-refractivity contribution in [2.45, 2.75) is 18.3 Å². The summed E-state index contributed by atoms with van der Waals surface area (Å²) in [4.78, 5) is 4.70. The quantitative estimate of drug-likeness (QED) is 0.583. The molecule has 1 aromatic heterocycles. The average molecular weight is 445 g/mol. The van der Waals surface area contributed by atoms with Crippen LogP contribution in [0.3, 0.4) is 0 Å². The van der Waals surface area contributed by atoms with Gasteiger partial charge in [-0.05, 0) is 28.1 Å². The van der Waals surface area contributed by atoms with E-state index in [1.807, 2.05) is 0 Å². The van der Waals surface area contributed by atoms with Gasteiger partial charge in [-0.3, -0.25) is 0 Å². The summed E-state index contributed by atoms with van der Waals surface area (Å²) >= 11 is 2.40. The summed E-state index contributed by atoms with van der Waals surface area (Å²) in [6.45, 7) is 0. The molecule has 0 fully saturated rings. The predicted octanol–water partition coefficient (Wildman–Crippen LogP) is 5.79. The first-order chi connectivity index (χ1) is 11.2. The third kappa shape index (κ3) is 3.46. The number of benzene rings is 1. The topological polar surface area (TPSA) is 28.7 Å². The van der Waals surface area contributed by atoms with Gasteiger partial charge in [0.2, 0.25) is 0 Å². The number of aromatic nitrogens is 2. The van der Waals surface area contributed by atoms with Gasteiger partial charge in [-0.15, -0.1) is 0 Å². The van der Waals surface area contributed by atoms with Crippen molar-refractivity contribution < 1.29 is 43.9 Å². The molecule has 1 heterocycles. The second-order valence-electron chi connectivity index (χ2n) is 4.64. The number of nitrogens with one attached hydrogen (secondary N) is 1. The molecule has 0 amide bonds. The number of imidazole rings is 1. The minimum absolute atomic E-state index is 0.324. The highest BCUT2D eigenvalue weighted by Crippen LogP contribution is 2.45. The lowest BCUT2D eigenvalue weighted by atomic mass is 10.0. The summed E-state index contributed by atoms with van der Waals surface area (Å²) in [6.07, 6.45) is -11.1. The van der Waals surface area contributed by atoms with Crippen LogP contribution in [0.1, 0.15) is 11.3 Å². The molecule has 0 aliphatic carbocycles. The van der Waals surface area contributed by atoms with Gasteiger partial charge >= 0.3 is 18.3 Å². The maximum absolute atomic E-state index is 13.9. The molecular formula is C12H3BrF10N2. The molecule has 25 heavy (non-hydrogen) atoms. The van der Waals surface area contributed by atoms with E-state index in [0.29, 0.717) is 0 Å². The summed E-state index contributed by atoms with van der Waals surface area (Å²) in [5.41, 5.74) is -4.88. The fourth-order valence-corrected chi connectivity index (χ4v) is 2.30. The minimum Gasteiger partial charge on any atom is -0.333 e. The molecule has 0 aliphatic heterocycles. The van der Waals surface area contributed by atoms with Crippen LogP contribution < -0.4 is 0 Å². The molecule has 0 saturated heterocycles. The molecule has 1 aromatic carbocycles. The van der Waals surface area contributed by atoms with Gasteiger partial charge in [-0.1, -0.05) is 0 Å². The Kier molecular flexibility index (Phi) is 4.60. The van der Waals surface area contributed by atoms with Crippen LogP contribution in [0.5, 0.6) is 0 Å². The van der Waals surface area contributed by atoms with E-state index in [2.05, 4.69) is 20.9 Å². The molecule has 2 rings (SSSR count). The molecule has 138 valence electrons. The molecule has 0 saturated carbocycles. The van der Waals surface area contributed by atoms with Crippen molar-refractivity contribution in [1.82, 2.24) is 9.97 Å². The van der Waals surface area contributed by atoms with E-state index in [-0.39, 0.29) is 12.1 Å². The van der Waals surface area contributed by atoms with Crippen LogP contribution in [0.15, 0.2) is 16.7 Å². The standard InChI is InChI=1S/C12H3BrF10N2/c13-8-7(11(18,19)20)24-9(25-8)6-4(14)1-3(2-5(6)15)10(16,17)12(21,22)23/h1-2H,(H,24,25). The van der Waals surface area contributed by atoms with E-state index in [9.17, 15) is 43.9 Å². The highest BCUT2D eigenvalue weighted by atomic mass is 79.9. The number of aromatic amines is 1. The van der Waals surface area contributed by atoms with Crippen molar-refractivity contribution in [2.24, 2.45) is 0 Å². The minimum atomic E-state index is -6.12. The highest BCUT2D eigenvalue weighted by molar-refractivity contribution is 9.10. The van der Waals surface area contributed by atoms with Crippen LogP contribution in [0.2, 0.25) is 0 Å². The first-order valence-electron chi connectivity index (χ1n) is 5.93. The average Bonchev–Trinajstić information content (AvgIpc) is 2.78. The number of rotatable bonds is 2. The Morgan fingerprint density at radius 1 is 0.880 bits per heavy atom. The van der Waals surface area contributed by atoms with Gasteiger partial charge in [0, 0.05) is 5.56 Å². The first kappa shape index (κ1) is 19.5. The smallest absolute Gasteiger partial charge is 0.333 e. The van der Waals surface area contributed by atoms with Crippen molar-refractivity contribution in [2.75, 3.05) is 0 Å². The number of alkyl halides is 8. The Morgan fingerprint density at radius 2 is 1.36 bits per heavy atom. The zero-order valence-corrected chi connectivity index (χ0v) is 12.8. The van der Waals surface area contributed by atoms with E-state index in [4.69, 9.17) is 0 Å². The Hall–Kier alpha value is -1.79. The Morgan fingerprint density at radius 3 is 1.72 bits per heavy atom. The molecule has 0 bridgehead atoms. The highest BCUT2D eigenvalue weighted by Gasteiger charge is 2.59. The van der Waals surface area contributed by atoms with E-state index in [1.54, 1.807) is 0 Å². The van der Waals surface area contributed by atoms with Crippen molar-refractivity contribution in [3.05, 3.63) is 39.6 Å². The third-order valence-electron chi connectivity index (χ3n) is 2.94. The normalized spacial score (nSPS) is 13.4. The molecule has 13 heteroatoms. The second-order valence-corrected chi connectivity index (χ2v) is 5.39. The van der Waals surface area contributed by atoms with Gasteiger partial charge in [0.1, 0.15) is 22.1 Å². The van der Waals surface area contributed by atoms with Gasteiger partial charge < -0.3 is 4.98 Å². The predicted molar refractivity (Wildman–Crippen MR) is 66.6 cm³/mol. The number of halogens is 11. The van der Waals surface area contributed by atoms with Crippen molar-refractivity contribution in [3.8, 4) is 11.4 Å². The van der Waals surface area contributed by atoms with Crippen LogP contribution in [-0.4, -0.2) is 16.1 Å². The Balaban J connectivity index is 2.60. The summed E-state index contributed by atoms with van der Waals surface area (Å²) < 4.78 is 128. The number of hydrogen-bond acceptors (Lipinski definition) is 1. The molecule has 0 atom stereocenters. The number of hydrogen-bond donors (Lipinski definition) is 1. The van der Waals surface area contributed by atoms with Gasteiger partial charge in [0.15, 0.2) is 5.69 Å². The van der Waals surface area contributed by atoms with Gasteiger partial charge in [-0.2, -0.15) is 35.1 Å². The molecule has 0 aliphatic rings. The molecule has 0 unspecified atom stereocenters. The van der Waals surface area contributed by atoms with Crippen molar-refractivity contribution in [1.29, 1.82) is 0 Å². The molecule has 1 N–H and O–H groups in total. The molecule has 2 aromatic rings. The summed E-state index contributed by atoms with van der Waals surface area (Å²) in [7, 11) is 0. The Bertz CT molecular complexity index is 782. The van der Waals surface area contributed by atoms with Crippen LogP contribution in [0.4, 0.5) is 43.9 Å². The van der Waals surface area contributed by atoms with Crippen LogP contribution >= 0.6 is 15.9 Å². The lowest BCUT2D eigenvalue weighted by Crippen LogP contribution is -2.33. The number of nitrogens with zero attached hydrogens (tertiary/aromatic N) is 1. The maximum Gasteiger partial charge on any atom is 0.458 e. The fourth-order valence-electron chi connectivity index (χ4n) is 1.80. The van der Waals surface area contributed by atoms with Crippen LogP contribution in [0.25, 0.3) is 11.4 Å². The summed E-state index contributed by atoms with van der Waals surface area (Å²) in [5.74, 6) is -10.5. The largest absolute Gasteiger partial charge is 0.458 e. The summed E-state index contributed by atoms with van der Waals surface area (Å²) in [5, 5.41) is 0. The van der Waals surface area contributed by atoms with E-state index < -0.39 is 57.2 Å². The maximum atomic E-state index is 13.9. The lowest BCUT2D eigenvalue weighted by Gasteiger charge is -2.20. The number of H-pyrrole nitrogens is 1. The zero-order valence-electron chi connectivity index (χ0n) is 11.3. The first-order valence-corrected chi connectivity index (χ1v) is 6.72. The Labute approximate surface area is 140 Å². The zero-order chi connectivity index (χ0) is 19.4. The van der Waals surface area contributed by atoms with E-state index in [1.165, 1.54) is 4.98 Å². The van der Waals surface area contributed by atoms with Crippen molar-refractivity contribution in [3.63, 3.8) is 0 Å². The fraction of sp³-hybridized carbons (Fsp3) is 0.250. The monoisotopic (exact) mass is 444 g/mol. The van der Waals surface area contributed by atoms with Gasteiger partial charge in [0.25, 0.3) is 0 Å². The SMILES string of the molecule is Fc1cc(C(F)(F)C(F)(F)F)cc(F)c1-c1nc(Br)c(C(F)(F)F)[nH]1. The van der Waals surface area contributed by atoms with Gasteiger partial charge in [0.05, 0.1) is 5.56 Å². The molecule has 0 spiro atoms. The van der Waals surface area contributed by atoms with E-state index >= 15 is 0 Å². The van der Waals surface area contributed by atoms with Gasteiger partial charge in [-0.25, -0.2) is 13.8 Å². The van der Waals surface area contributed by atoms with E-state index in [0.717, 1.165) is 0 Å². The lowest BCUT2D eigenvalue weighted by molar-refractivity contribution is -0.289. The van der Waals surface area contributed by atoms with Crippen molar-refractivity contribution >= 4 is 15.9 Å². The van der Waals surface area contributed by atoms with Crippen LogP contribution in [0, 0.1) is 11.6 Å².